The standard InChI is InChI=1S/C28H28F2N2O3/c1-35-21-7-8-27-25(17-21)23(10-13-31-27)22(9-12-29)24-11-15-32(18-26(24)28(33)34)14-3-5-19-4-2-6-20(30)16-19/h2,4,6-8,10,13,16-17,22,24,26H,9,11-12,14-15,18H2,1H3,(H,33,34)/t22?,24-,26+/m1/s1. The van der Waals surface area contributed by atoms with Gasteiger partial charge in [-0.2, -0.15) is 0 Å². The van der Waals surface area contributed by atoms with Crippen molar-refractivity contribution in [3.05, 3.63) is 71.7 Å². The van der Waals surface area contributed by atoms with Gasteiger partial charge >= 0.3 is 5.97 Å². The van der Waals surface area contributed by atoms with Gasteiger partial charge in [-0.25, -0.2) is 4.39 Å². The van der Waals surface area contributed by atoms with E-state index in [1.165, 1.54) is 12.1 Å². The predicted molar refractivity (Wildman–Crippen MR) is 131 cm³/mol. The van der Waals surface area contributed by atoms with Crippen LogP contribution in [-0.2, 0) is 4.79 Å². The number of piperidine rings is 1. The number of fused-ring (bicyclic) bond motifs is 1. The van der Waals surface area contributed by atoms with Crippen LogP contribution in [0.5, 0.6) is 5.75 Å². The number of ether oxygens (including phenoxy) is 1. The Labute approximate surface area is 203 Å². The Hall–Kier alpha value is -3.50. The van der Waals surface area contributed by atoms with Gasteiger partial charge in [0.2, 0.25) is 0 Å². The van der Waals surface area contributed by atoms with Gasteiger partial charge in [-0.1, -0.05) is 17.9 Å². The maximum absolute atomic E-state index is 13.7. The summed E-state index contributed by atoms with van der Waals surface area (Å²) >= 11 is 0. The number of carbonyl (C=O) groups is 1. The van der Waals surface area contributed by atoms with E-state index >= 15 is 0 Å². The highest BCUT2D eigenvalue weighted by Gasteiger charge is 2.39. The number of nitrogens with zero attached hydrogens (tertiary/aromatic N) is 2. The lowest BCUT2D eigenvalue weighted by molar-refractivity contribution is -0.146. The number of aromatic nitrogens is 1. The number of hydrogen-bond acceptors (Lipinski definition) is 4. The molecule has 1 aromatic heterocycles. The van der Waals surface area contributed by atoms with Crippen molar-refractivity contribution < 1.29 is 23.4 Å². The van der Waals surface area contributed by atoms with Crippen LogP contribution in [0.25, 0.3) is 10.9 Å². The number of pyridine rings is 1. The number of alkyl halides is 1. The van der Waals surface area contributed by atoms with Crippen LogP contribution in [0.2, 0.25) is 0 Å². The zero-order valence-electron chi connectivity index (χ0n) is 19.6. The van der Waals surface area contributed by atoms with Gasteiger partial charge in [-0.15, -0.1) is 0 Å². The molecule has 0 spiro atoms. The molecule has 0 radical (unpaired) electrons. The van der Waals surface area contributed by atoms with Crippen molar-refractivity contribution in [2.24, 2.45) is 11.8 Å². The van der Waals surface area contributed by atoms with Crippen LogP contribution in [0.4, 0.5) is 8.78 Å². The summed E-state index contributed by atoms with van der Waals surface area (Å²) in [6.45, 7) is 0.828. The first-order valence-electron chi connectivity index (χ1n) is 11.7. The smallest absolute Gasteiger partial charge is 0.308 e. The van der Waals surface area contributed by atoms with Crippen LogP contribution in [-0.4, -0.2) is 54.4 Å². The molecule has 2 aromatic carbocycles. The Kier molecular flexibility index (Phi) is 7.94. The Morgan fingerprint density at radius 1 is 1.29 bits per heavy atom. The fourth-order valence-corrected chi connectivity index (χ4v) is 5.06. The van der Waals surface area contributed by atoms with E-state index in [1.807, 2.05) is 29.2 Å². The van der Waals surface area contributed by atoms with Crippen LogP contribution in [0.15, 0.2) is 54.7 Å². The Morgan fingerprint density at radius 2 is 2.14 bits per heavy atom. The number of carboxylic acids is 1. The molecule has 0 amide bonds. The zero-order chi connectivity index (χ0) is 24.8. The quantitative estimate of drug-likeness (QED) is 0.490. The molecule has 1 fully saturated rings. The highest BCUT2D eigenvalue weighted by molar-refractivity contribution is 5.84. The van der Waals surface area contributed by atoms with Crippen molar-refractivity contribution in [1.82, 2.24) is 9.88 Å². The maximum Gasteiger partial charge on any atom is 0.308 e. The highest BCUT2D eigenvalue weighted by Crippen LogP contribution is 2.41. The summed E-state index contributed by atoms with van der Waals surface area (Å²) in [7, 11) is 1.59. The highest BCUT2D eigenvalue weighted by atomic mass is 19.1. The first kappa shape index (κ1) is 24.6. The van der Waals surface area contributed by atoms with Gasteiger partial charge < -0.3 is 9.84 Å². The van der Waals surface area contributed by atoms with Crippen molar-refractivity contribution in [2.75, 3.05) is 33.4 Å². The molecule has 7 heteroatoms. The van der Waals surface area contributed by atoms with E-state index in [4.69, 9.17) is 4.74 Å². The second-order valence-corrected chi connectivity index (χ2v) is 8.81. The molecule has 182 valence electrons. The summed E-state index contributed by atoms with van der Waals surface area (Å²) in [6, 6.07) is 13.5. The van der Waals surface area contributed by atoms with E-state index in [0.29, 0.717) is 37.4 Å². The molecule has 3 atom stereocenters. The summed E-state index contributed by atoms with van der Waals surface area (Å²) in [4.78, 5) is 18.7. The number of benzene rings is 2. The monoisotopic (exact) mass is 478 g/mol. The lowest BCUT2D eigenvalue weighted by atomic mass is 9.72. The van der Waals surface area contributed by atoms with Gasteiger partial charge in [-0.05, 0) is 79.3 Å². The van der Waals surface area contributed by atoms with Gasteiger partial charge in [0.05, 0.1) is 31.8 Å². The number of likely N-dealkylation sites (tertiary alicyclic amines) is 1. The summed E-state index contributed by atoms with van der Waals surface area (Å²) in [5, 5.41) is 10.9. The SMILES string of the molecule is COc1ccc2nccc(C(CCF)[C@H]3CCN(CC#Cc4cccc(F)c4)C[C@@H]3C(=O)O)c2c1. The Morgan fingerprint density at radius 3 is 2.89 bits per heavy atom. The summed E-state index contributed by atoms with van der Waals surface area (Å²) < 4.78 is 32.5. The number of carboxylic acid groups (broad SMARTS) is 1. The second kappa shape index (κ2) is 11.3. The van der Waals surface area contributed by atoms with E-state index < -0.39 is 18.6 Å². The third-order valence-electron chi connectivity index (χ3n) is 6.75. The molecule has 0 saturated carbocycles. The molecule has 1 aliphatic heterocycles. The minimum atomic E-state index is -0.891. The van der Waals surface area contributed by atoms with Crippen LogP contribution in [0.1, 0.15) is 29.9 Å². The largest absolute Gasteiger partial charge is 0.497 e. The van der Waals surface area contributed by atoms with E-state index in [9.17, 15) is 18.7 Å². The number of hydrogen-bond donors (Lipinski definition) is 1. The van der Waals surface area contributed by atoms with Crippen LogP contribution < -0.4 is 4.74 Å². The number of rotatable bonds is 7. The lowest BCUT2D eigenvalue weighted by Gasteiger charge is -2.40. The molecule has 1 N–H and O–H groups in total. The van der Waals surface area contributed by atoms with Gasteiger partial charge in [0.15, 0.2) is 0 Å². The molecule has 1 saturated heterocycles. The normalized spacial score (nSPS) is 19.1. The lowest BCUT2D eigenvalue weighted by Crippen LogP contribution is -2.46. The summed E-state index contributed by atoms with van der Waals surface area (Å²) in [5.41, 5.74) is 2.25. The Balaban J connectivity index is 1.57. The molecule has 0 aliphatic carbocycles. The van der Waals surface area contributed by atoms with E-state index in [2.05, 4.69) is 16.8 Å². The molecule has 4 rings (SSSR count). The van der Waals surface area contributed by atoms with E-state index in [0.717, 1.165) is 16.5 Å². The third-order valence-corrected chi connectivity index (χ3v) is 6.75. The second-order valence-electron chi connectivity index (χ2n) is 8.81. The number of methoxy groups -OCH3 is 1. The molecule has 0 bridgehead atoms. The topological polar surface area (TPSA) is 62.7 Å². The van der Waals surface area contributed by atoms with Crippen molar-refractivity contribution in [3.63, 3.8) is 0 Å². The fourth-order valence-electron chi connectivity index (χ4n) is 5.06. The van der Waals surface area contributed by atoms with Gasteiger partial charge in [-0.3, -0.25) is 19.1 Å². The third kappa shape index (κ3) is 5.77. The molecule has 5 nitrogen and oxygen atoms in total. The summed E-state index contributed by atoms with van der Waals surface area (Å²) in [5.74, 6) is 4.25. The first-order chi connectivity index (χ1) is 17.0. The zero-order valence-corrected chi connectivity index (χ0v) is 19.6. The van der Waals surface area contributed by atoms with Crippen LogP contribution in [0, 0.1) is 29.5 Å². The average molecular weight is 479 g/mol. The number of halogens is 2. The van der Waals surface area contributed by atoms with E-state index in [1.54, 1.807) is 25.4 Å². The van der Waals surface area contributed by atoms with Gasteiger partial charge in [0, 0.05) is 23.7 Å². The van der Waals surface area contributed by atoms with Gasteiger partial charge in [0.25, 0.3) is 0 Å². The van der Waals surface area contributed by atoms with Crippen molar-refractivity contribution in [1.29, 1.82) is 0 Å². The first-order valence-corrected chi connectivity index (χ1v) is 11.7. The fraction of sp³-hybridized carbons (Fsp3) is 0.357. The molecule has 3 aromatic rings. The van der Waals surface area contributed by atoms with Crippen molar-refractivity contribution in [3.8, 4) is 17.6 Å². The molecule has 2 heterocycles. The maximum atomic E-state index is 13.7. The van der Waals surface area contributed by atoms with Crippen molar-refractivity contribution >= 4 is 16.9 Å². The molecular formula is C28H28F2N2O3. The van der Waals surface area contributed by atoms with Crippen molar-refractivity contribution in [2.45, 2.75) is 18.8 Å². The average Bonchev–Trinajstić information content (AvgIpc) is 2.87. The molecule has 1 unspecified atom stereocenters. The molecule has 1 aliphatic rings. The number of aliphatic carboxylic acids is 1. The van der Waals surface area contributed by atoms with Gasteiger partial charge in [0.1, 0.15) is 11.6 Å². The minimum Gasteiger partial charge on any atom is -0.497 e. The van der Waals surface area contributed by atoms with Crippen LogP contribution >= 0.6 is 0 Å². The molecule has 35 heavy (non-hydrogen) atoms. The molecular weight excluding hydrogens is 450 g/mol. The summed E-state index contributed by atoms with van der Waals surface area (Å²) in [6.07, 6.45) is 2.55. The van der Waals surface area contributed by atoms with E-state index in [-0.39, 0.29) is 24.1 Å². The Bertz CT molecular complexity index is 1250. The van der Waals surface area contributed by atoms with Crippen LogP contribution in [0.3, 0.4) is 0 Å². The minimum absolute atomic E-state index is 0.229. The predicted octanol–water partition coefficient (Wildman–Crippen LogP) is 4.90.